The van der Waals surface area contributed by atoms with Gasteiger partial charge >= 0.3 is 27.2 Å². The van der Waals surface area contributed by atoms with Gasteiger partial charge in [0.25, 0.3) is 0 Å². The number of ether oxygens (including phenoxy) is 1. The summed E-state index contributed by atoms with van der Waals surface area (Å²) in [7, 11) is 0. The van der Waals surface area contributed by atoms with Gasteiger partial charge in [0, 0.05) is 16.1 Å². The van der Waals surface area contributed by atoms with Gasteiger partial charge in [0.1, 0.15) is 5.60 Å². The second kappa shape index (κ2) is 8.67. The van der Waals surface area contributed by atoms with Crippen molar-refractivity contribution in [1.29, 1.82) is 0 Å². The number of benzene rings is 2. The van der Waals surface area contributed by atoms with E-state index in [1.807, 2.05) is 27.7 Å². The van der Waals surface area contributed by atoms with Crippen LogP contribution in [0.1, 0.15) is 38.8 Å². The molecular weight excluding hydrogens is 491 g/mol. The molecule has 0 heterocycles. The van der Waals surface area contributed by atoms with E-state index in [1.165, 1.54) is 18.3 Å². The van der Waals surface area contributed by atoms with Gasteiger partial charge in [-0.15, -0.1) is 0 Å². The predicted molar refractivity (Wildman–Crippen MR) is 101 cm³/mol. The summed E-state index contributed by atoms with van der Waals surface area (Å²) in [6, 6.07) is 15.1. The highest BCUT2D eigenvalue weighted by Crippen LogP contribution is 2.17. The van der Waals surface area contributed by atoms with E-state index < -0.39 is 5.60 Å². The monoisotopic (exact) mass is 515 g/mol. The number of esters is 1. The fourth-order valence-electron chi connectivity index (χ4n) is 2.30. The minimum absolute atomic E-state index is 0.130. The Morgan fingerprint density at radius 3 is 2.40 bits per heavy atom. The zero-order valence-electron chi connectivity index (χ0n) is 15.4. The predicted octanol–water partition coefficient (Wildman–Crippen LogP) is 2.41. The van der Waals surface area contributed by atoms with Crippen LogP contribution >= 0.6 is 15.9 Å². The van der Waals surface area contributed by atoms with Gasteiger partial charge in [-0.05, 0) is 52.3 Å². The van der Waals surface area contributed by atoms with Crippen LogP contribution in [0.15, 0.2) is 46.9 Å². The SMILES string of the molecule is Cc1ccc([I+]c2cc(Br)ccc2CC(C)C(=O)OC(C)(C)C)cc1. The highest BCUT2D eigenvalue weighted by molar-refractivity contribution is 9.10. The van der Waals surface area contributed by atoms with Crippen LogP contribution in [0.3, 0.4) is 0 Å². The molecule has 4 heteroatoms. The van der Waals surface area contributed by atoms with E-state index in [-0.39, 0.29) is 33.1 Å². The van der Waals surface area contributed by atoms with Crippen molar-refractivity contribution in [2.45, 2.75) is 46.6 Å². The van der Waals surface area contributed by atoms with Gasteiger partial charge in [0.2, 0.25) is 0 Å². The van der Waals surface area contributed by atoms with Crippen LogP contribution in [0.2, 0.25) is 0 Å². The first kappa shape index (κ1) is 20.4. The summed E-state index contributed by atoms with van der Waals surface area (Å²) in [4.78, 5) is 12.3. The molecule has 0 spiro atoms. The minimum atomic E-state index is -0.442. The van der Waals surface area contributed by atoms with E-state index in [2.05, 4.69) is 65.3 Å². The molecule has 0 aliphatic heterocycles. The number of carbonyl (C=O) groups excluding carboxylic acids is 1. The topological polar surface area (TPSA) is 26.3 Å². The molecule has 2 nitrogen and oxygen atoms in total. The largest absolute Gasteiger partial charge is 0.460 e. The quantitative estimate of drug-likeness (QED) is 0.451. The third-order valence-electron chi connectivity index (χ3n) is 3.57. The molecule has 0 saturated carbocycles. The number of hydrogen-bond acceptors (Lipinski definition) is 2. The second-order valence-electron chi connectivity index (χ2n) is 7.26. The Morgan fingerprint density at radius 2 is 1.80 bits per heavy atom. The van der Waals surface area contributed by atoms with E-state index in [4.69, 9.17) is 4.74 Å². The van der Waals surface area contributed by atoms with Crippen molar-refractivity contribution in [2.75, 3.05) is 0 Å². The maximum atomic E-state index is 12.3. The number of carbonyl (C=O) groups is 1. The number of hydrogen-bond donors (Lipinski definition) is 0. The average molecular weight is 516 g/mol. The van der Waals surface area contributed by atoms with Gasteiger partial charge < -0.3 is 4.74 Å². The van der Waals surface area contributed by atoms with Crippen molar-refractivity contribution < 1.29 is 30.7 Å². The lowest BCUT2D eigenvalue weighted by Gasteiger charge is -2.22. The Labute approximate surface area is 169 Å². The van der Waals surface area contributed by atoms with Crippen LogP contribution in [0.4, 0.5) is 0 Å². The molecule has 0 fully saturated rings. The molecule has 0 N–H and O–H groups in total. The molecule has 25 heavy (non-hydrogen) atoms. The normalized spacial score (nSPS) is 12.7. The molecule has 2 rings (SSSR count). The lowest BCUT2D eigenvalue weighted by molar-refractivity contribution is -0.598. The summed E-state index contributed by atoms with van der Waals surface area (Å²) in [5.41, 5.74) is 2.08. The molecule has 0 aliphatic rings. The van der Waals surface area contributed by atoms with Crippen LogP contribution in [-0.4, -0.2) is 11.6 Å². The zero-order valence-corrected chi connectivity index (χ0v) is 19.1. The fraction of sp³-hybridized carbons (Fsp3) is 0.381. The van der Waals surface area contributed by atoms with Crippen LogP contribution in [0.25, 0.3) is 0 Å². The van der Waals surface area contributed by atoms with E-state index in [0.29, 0.717) is 6.42 Å². The van der Waals surface area contributed by atoms with Crippen molar-refractivity contribution >= 4 is 21.9 Å². The summed E-state index contributed by atoms with van der Waals surface area (Å²) in [5, 5.41) is 0. The summed E-state index contributed by atoms with van der Waals surface area (Å²) in [6.45, 7) is 9.78. The Morgan fingerprint density at radius 1 is 1.16 bits per heavy atom. The Balaban J connectivity index is 2.17. The molecule has 0 saturated heterocycles. The lowest BCUT2D eigenvalue weighted by Crippen LogP contribution is -3.61. The Kier molecular flexibility index (Phi) is 7.09. The van der Waals surface area contributed by atoms with Crippen LogP contribution in [-0.2, 0) is 16.0 Å². The van der Waals surface area contributed by atoms with Crippen molar-refractivity contribution in [3.05, 3.63) is 65.2 Å². The van der Waals surface area contributed by atoms with Crippen molar-refractivity contribution in [3.63, 3.8) is 0 Å². The first-order chi connectivity index (χ1) is 11.6. The molecule has 2 aromatic carbocycles. The van der Waals surface area contributed by atoms with Gasteiger partial charge in [0.05, 0.1) is 5.92 Å². The highest BCUT2D eigenvalue weighted by Gasteiger charge is 2.26. The van der Waals surface area contributed by atoms with Gasteiger partial charge in [0.15, 0.2) is 7.14 Å². The molecular formula is C21H25BrIO2+. The van der Waals surface area contributed by atoms with Gasteiger partial charge in [-0.3, -0.25) is 4.79 Å². The maximum absolute atomic E-state index is 12.3. The van der Waals surface area contributed by atoms with Crippen molar-refractivity contribution in [3.8, 4) is 0 Å². The van der Waals surface area contributed by atoms with Crippen molar-refractivity contribution in [1.82, 2.24) is 0 Å². The third kappa shape index (κ3) is 6.74. The molecule has 1 atom stereocenters. The molecule has 2 aromatic rings. The third-order valence-corrected chi connectivity index (χ3v) is 6.99. The van der Waals surface area contributed by atoms with Crippen LogP contribution < -0.4 is 21.2 Å². The van der Waals surface area contributed by atoms with Crippen molar-refractivity contribution in [2.24, 2.45) is 5.92 Å². The molecule has 0 bridgehead atoms. The first-order valence-corrected chi connectivity index (χ1v) is 11.3. The maximum Gasteiger partial charge on any atom is 0.358 e. The first-order valence-electron chi connectivity index (χ1n) is 8.37. The zero-order chi connectivity index (χ0) is 18.6. The second-order valence-corrected chi connectivity index (χ2v) is 11.1. The highest BCUT2D eigenvalue weighted by atomic mass is 127. The summed E-state index contributed by atoms with van der Waals surface area (Å²) in [5.74, 6) is -0.281. The summed E-state index contributed by atoms with van der Waals surface area (Å²) < 4.78 is 9.35. The van der Waals surface area contributed by atoms with E-state index in [9.17, 15) is 4.79 Å². The van der Waals surface area contributed by atoms with E-state index in [1.54, 1.807) is 0 Å². The van der Waals surface area contributed by atoms with Crippen LogP contribution in [0, 0.1) is 20.0 Å². The van der Waals surface area contributed by atoms with E-state index >= 15 is 0 Å². The number of rotatable bonds is 5. The molecule has 0 aromatic heterocycles. The smallest absolute Gasteiger partial charge is 0.358 e. The lowest BCUT2D eigenvalue weighted by atomic mass is 10.0. The number of aryl methyl sites for hydroxylation is 1. The molecule has 0 amide bonds. The van der Waals surface area contributed by atoms with E-state index in [0.717, 1.165) is 4.47 Å². The molecule has 134 valence electrons. The van der Waals surface area contributed by atoms with Crippen LogP contribution in [0.5, 0.6) is 0 Å². The fourth-order valence-corrected chi connectivity index (χ4v) is 5.72. The summed E-state index contributed by atoms with van der Waals surface area (Å²) in [6.07, 6.45) is 0.711. The summed E-state index contributed by atoms with van der Waals surface area (Å²) >= 11 is 3.30. The molecule has 1 unspecified atom stereocenters. The molecule has 0 radical (unpaired) electrons. The average Bonchev–Trinajstić information content (AvgIpc) is 2.50. The van der Waals surface area contributed by atoms with Gasteiger partial charge in [-0.2, -0.15) is 0 Å². The minimum Gasteiger partial charge on any atom is -0.460 e. The Hall–Kier alpha value is -0.880. The Bertz CT molecular complexity index is 733. The molecule has 0 aliphatic carbocycles. The number of halogens is 2. The standard InChI is InChI=1S/C21H25BrIO2/c1-14-6-10-18(11-7-14)23-19-13-17(22)9-8-16(19)12-15(2)20(24)25-21(3,4)5/h6-11,13,15H,12H2,1-5H3/q+1. The van der Waals surface area contributed by atoms with Gasteiger partial charge in [-0.1, -0.05) is 46.6 Å². The van der Waals surface area contributed by atoms with Gasteiger partial charge in [-0.25, -0.2) is 0 Å².